The summed E-state index contributed by atoms with van der Waals surface area (Å²) in [7, 11) is 0. The molecule has 0 radical (unpaired) electrons. The second-order valence-corrected chi connectivity index (χ2v) is 3.18. The first-order chi connectivity index (χ1) is 6.11. The maximum absolute atomic E-state index is 10.3. The predicted octanol–water partition coefficient (Wildman–Crippen LogP) is 0.700. The Morgan fingerprint density at radius 3 is 3.00 bits per heavy atom. The second kappa shape index (κ2) is 3.70. The minimum atomic E-state index is -1.10. The standard InChI is InChI=1S/C9H14N2O2/c1-3-11-8(4-6-10-11)9(2,13)5-7-12/h4,6-7,13H,3,5H2,1-2H3. The lowest BCUT2D eigenvalue weighted by Gasteiger charge is -2.21. The largest absolute Gasteiger partial charge is 0.383 e. The number of hydrogen-bond acceptors (Lipinski definition) is 3. The highest BCUT2D eigenvalue weighted by Crippen LogP contribution is 2.22. The highest BCUT2D eigenvalue weighted by Gasteiger charge is 2.25. The Morgan fingerprint density at radius 1 is 1.77 bits per heavy atom. The van der Waals surface area contributed by atoms with Crippen molar-refractivity contribution in [3.8, 4) is 0 Å². The molecule has 0 aliphatic heterocycles. The Labute approximate surface area is 77.2 Å². The summed E-state index contributed by atoms with van der Waals surface area (Å²) in [6.45, 7) is 4.25. The maximum Gasteiger partial charge on any atom is 0.123 e. The summed E-state index contributed by atoms with van der Waals surface area (Å²) < 4.78 is 1.68. The first-order valence-corrected chi connectivity index (χ1v) is 4.30. The Balaban J connectivity index is 2.98. The zero-order chi connectivity index (χ0) is 9.90. The molecule has 1 unspecified atom stereocenters. The van der Waals surface area contributed by atoms with Gasteiger partial charge in [-0.15, -0.1) is 0 Å². The van der Waals surface area contributed by atoms with Crippen molar-refractivity contribution < 1.29 is 9.90 Å². The van der Waals surface area contributed by atoms with Crippen LogP contribution in [0.2, 0.25) is 0 Å². The van der Waals surface area contributed by atoms with Crippen molar-refractivity contribution in [3.63, 3.8) is 0 Å². The quantitative estimate of drug-likeness (QED) is 0.697. The third kappa shape index (κ3) is 1.95. The number of hydrogen-bond donors (Lipinski definition) is 1. The fourth-order valence-corrected chi connectivity index (χ4v) is 1.31. The van der Waals surface area contributed by atoms with E-state index < -0.39 is 5.60 Å². The van der Waals surface area contributed by atoms with Gasteiger partial charge in [0.2, 0.25) is 0 Å². The minimum Gasteiger partial charge on any atom is -0.383 e. The molecular formula is C9H14N2O2. The number of nitrogens with zero attached hydrogens (tertiary/aromatic N) is 2. The topological polar surface area (TPSA) is 55.1 Å². The molecule has 0 saturated carbocycles. The van der Waals surface area contributed by atoms with Crippen LogP contribution in [0.3, 0.4) is 0 Å². The number of aryl methyl sites for hydroxylation is 1. The van der Waals surface area contributed by atoms with Crippen LogP contribution >= 0.6 is 0 Å². The number of carbonyl (C=O) groups excluding carboxylic acids is 1. The molecule has 0 spiro atoms. The molecule has 0 bridgehead atoms. The number of carbonyl (C=O) groups is 1. The first-order valence-electron chi connectivity index (χ1n) is 4.30. The van der Waals surface area contributed by atoms with Gasteiger partial charge in [-0.05, 0) is 19.9 Å². The van der Waals surface area contributed by atoms with E-state index in [0.29, 0.717) is 18.5 Å². The van der Waals surface area contributed by atoms with Gasteiger partial charge in [0, 0.05) is 19.2 Å². The first kappa shape index (κ1) is 9.92. The number of aldehydes is 1. The molecule has 0 amide bonds. The van der Waals surface area contributed by atoms with Crippen molar-refractivity contribution in [2.75, 3.05) is 0 Å². The molecule has 1 aromatic rings. The molecule has 1 heterocycles. The number of rotatable bonds is 4. The SMILES string of the molecule is CCn1nccc1C(C)(O)CC=O. The predicted molar refractivity (Wildman–Crippen MR) is 48.2 cm³/mol. The van der Waals surface area contributed by atoms with E-state index in [4.69, 9.17) is 0 Å². The maximum atomic E-state index is 10.3. The highest BCUT2D eigenvalue weighted by molar-refractivity contribution is 5.52. The van der Waals surface area contributed by atoms with E-state index in [2.05, 4.69) is 5.10 Å². The zero-order valence-corrected chi connectivity index (χ0v) is 7.90. The lowest BCUT2D eigenvalue weighted by molar-refractivity contribution is -0.112. The van der Waals surface area contributed by atoms with E-state index in [9.17, 15) is 9.90 Å². The van der Waals surface area contributed by atoms with Gasteiger partial charge in [-0.25, -0.2) is 0 Å². The Morgan fingerprint density at radius 2 is 2.46 bits per heavy atom. The fourth-order valence-electron chi connectivity index (χ4n) is 1.31. The lowest BCUT2D eigenvalue weighted by atomic mass is 9.99. The Kier molecular flexibility index (Phi) is 2.83. The van der Waals surface area contributed by atoms with E-state index in [1.165, 1.54) is 0 Å². The summed E-state index contributed by atoms with van der Waals surface area (Å²) in [6.07, 6.45) is 2.43. The molecule has 4 heteroatoms. The molecule has 0 aliphatic rings. The molecule has 0 saturated heterocycles. The van der Waals surface area contributed by atoms with Gasteiger partial charge in [0.25, 0.3) is 0 Å². The highest BCUT2D eigenvalue weighted by atomic mass is 16.3. The molecule has 4 nitrogen and oxygen atoms in total. The van der Waals surface area contributed by atoms with Crippen LogP contribution in [0.1, 0.15) is 26.0 Å². The van der Waals surface area contributed by atoms with Gasteiger partial charge in [0.15, 0.2) is 0 Å². The van der Waals surface area contributed by atoms with Crippen LogP contribution in [0, 0.1) is 0 Å². The van der Waals surface area contributed by atoms with E-state index >= 15 is 0 Å². The number of aliphatic hydroxyl groups is 1. The van der Waals surface area contributed by atoms with Crippen molar-refractivity contribution in [2.45, 2.75) is 32.4 Å². The van der Waals surface area contributed by atoms with Gasteiger partial charge in [-0.3, -0.25) is 4.68 Å². The van der Waals surface area contributed by atoms with Crippen molar-refractivity contribution >= 4 is 6.29 Å². The average molecular weight is 182 g/mol. The fraction of sp³-hybridized carbons (Fsp3) is 0.556. The summed E-state index contributed by atoms with van der Waals surface area (Å²) in [6, 6.07) is 1.73. The Hall–Kier alpha value is -1.16. The van der Waals surface area contributed by atoms with Crippen LogP contribution in [0.25, 0.3) is 0 Å². The molecular weight excluding hydrogens is 168 g/mol. The average Bonchev–Trinajstić information content (AvgIpc) is 2.51. The van der Waals surface area contributed by atoms with Crippen LogP contribution in [0.5, 0.6) is 0 Å². The summed E-state index contributed by atoms with van der Waals surface area (Å²) >= 11 is 0. The van der Waals surface area contributed by atoms with Crippen LogP contribution in [0.15, 0.2) is 12.3 Å². The summed E-state index contributed by atoms with van der Waals surface area (Å²) in [5.41, 5.74) is -0.420. The molecule has 1 aromatic heterocycles. The summed E-state index contributed by atoms with van der Waals surface area (Å²) in [5.74, 6) is 0. The molecule has 13 heavy (non-hydrogen) atoms. The number of aromatic nitrogens is 2. The van der Waals surface area contributed by atoms with Crippen LogP contribution in [0.4, 0.5) is 0 Å². The normalized spacial score (nSPS) is 15.3. The molecule has 1 rings (SSSR count). The molecule has 1 N–H and O–H groups in total. The third-order valence-electron chi connectivity index (χ3n) is 2.05. The van der Waals surface area contributed by atoms with Gasteiger partial charge in [-0.2, -0.15) is 5.10 Å². The molecule has 72 valence electrons. The lowest BCUT2D eigenvalue weighted by Crippen LogP contribution is -2.25. The monoisotopic (exact) mass is 182 g/mol. The third-order valence-corrected chi connectivity index (χ3v) is 2.05. The van der Waals surface area contributed by atoms with E-state index in [0.717, 1.165) is 0 Å². The van der Waals surface area contributed by atoms with Gasteiger partial charge < -0.3 is 9.90 Å². The van der Waals surface area contributed by atoms with Crippen molar-refractivity contribution in [2.24, 2.45) is 0 Å². The van der Waals surface area contributed by atoms with E-state index in [1.54, 1.807) is 23.9 Å². The van der Waals surface area contributed by atoms with Gasteiger partial charge in [-0.1, -0.05) is 0 Å². The van der Waals surface area contributed by atoms with Gasteiger partial charge in [0.05, 0.1) is 5.69 Å². The second-order valence-electron chi connectivity index (χ2n) is 3.18. The van der Waals surface area contributed by atoms with Crippen molar-refractivity contribution in [1.82, 2.24) is 9.78 Å². The summed E-state index contributed by atoms with van der Waals surface area (Å²) in [5, 5.41) is 13.9. The molecule has 0 fully saturated rings. The van der Waals surface area contributed by atoms with E-state index in [1.807, 2.05) is 6.92 Å². The van der Waals surface area contributed by atoms with Crippen LogP contribution in [-0.2, 0) is 16.9 Å². The smallest absolute Gasteiger partial charge is 0.123 e. The van der Waals surface area contributed by atoms with Crippen molar-refractivity contribution in [1.29, 1.82) is 0 Å². The van der Waals surface area contributed by atoms with Gasteiger partial charge in [0.1, 0.15) is 11.9 Å². The zero-order valence-electron chi connectivity index (χ0n) is 7.90. The molecule has 1 atom stereocenters. The Bertz CT molecular complexity index is 292. The van der Waals surface area contributed by atoms with Crippen LogP contribution < -0.4 is 0 Å². The van der Waals surface area contributed by atoms with Gasteiger partial charge >= 0.3 is 0 Å². The molecule has 0 aromatic carbocycles. The summed E-state index contributed by atoms with van der Waals surface area (Å²) in [4.78, 5) is 10.3. The molecule has 0 aliphatic carbocycles. The van der Waals surface area contributed by atoms with E-state index in [-0.39, 0.29) is 6.42 Å². The van der Waals surface area contributed by atoms with Crippen molar-refractivity contribution in [3.05, 3.63) is 18.0 Å². The van der Waals surface area contributed by atoms with Crippen LogP contribution in [-0.4, -0.2) is 21.2 Å². The minimum absolute atomic E-state index is 0.0959.